The van der Waals surface area contributed by atoms with E-state index in [-0.39, 0.29) is 17.1 Å². The fraction of sp³-hybridized carbons (Fsp3) is 0.138. The van der Waals surface area contributed by atoms with Crippen molar-refractivity contribution in [3.63, 3.8) is 0 Å². The summed E-state index contributed by atoms with van der Waals surface area (Å²) in [5, 5.41) is 12.1. The molecule has 0 aliphatic rings. The molecule has 0 aliphatic carbocycles. The first-order valence-electron chi connectivity index (χ1n) is 11.1. The molecule has 1 unspecified atom stereocenters. The van der Waals surface area contributed by atoms with E-state index in [1.165, 1.54) is 21.3 Å². The van der Waals surface area contributed by atoms with Crippen LogP contribution < -0.4 is 24.8 Å². The zero-order valence-electron chi connectivity index (χ0n) is 20.3. The summed E-state index contributed by atoms with van der Waals surface area (Å²) >= 11 is 0. The van der Waals surface area contributed by atoms with Crippen molar-refractivity contribution in [2.24, 2.45) is 0 Å². The van der Waals surface area contributed by atoms with Crippen molar-refractivity contribution in [1.29, 1.82) is 0 Å². The number of aliphatic hydroxyl groups is 1. The Labute approximate surface area is 211 Å². The van der Waals surface area contributed by atoms with Crippen LogP contribution in [0.2, 0.25) is 0 Å². The quantitative estimate of drug-likeness (QED) is 0.266. The summed E-state index contributed by atoms with van der Waals surface area (Å²) in [5.74, 6) is 0.578. The van der Waals surface area contributed by atoms with Crippen molar-refractivity contribution in [2.45, 2.75) is 6.10 Å². The Hall–Kier alpha value is -3.99. The van der Waals surface area contributed by atoms with Crippen molar-refractivity contribution < 1.29 is 28.7 Å². The molecule has 0 saturated carbocycles. The SMILES string of the molecule is COc1cc(OC)c(C(=O)C(O)c2ccccc2)c(OC)c1.O=[P+](c1ccccc1)c1ccccc1. The summed E-state index contributed by atoms with van der Waals surface area (Å²) < 4.78 is 27.6. The van der Waals surface area contributed by atoms with Gasteiger partial charge in [0, 0.05) is 12.1 Å². The first kappa shape index (κ1) is 26.6. The second kappa shape index (κ2) is 13.2. The Kier molecular flexibility index (Phi) is 9.75. The topological polar surface area (TPSA) is 82.1 Å². The van der Waals surface area contributed by atoms with E-state index in [9.17, 15) is 14.5 Å². The third-order valence-electron chi connectivity index (χ3n) is 5.31. The summed E-state index contributed by atoms with van der Waals surface area (Å²) in [7, 11) is 2.98. The fourth-order valence-electron chi connectivity index (χ4n) is 3.45. The fourth-order valence-corrected chi connectivity index (χ4v) is 4.63. The molecule has 0 amide bonds. The maximum Gasteiger partial charge on any atom is 0.415 e. The van der Waals surface area contributed by atoms with Gasteiger partial charge in [0.05, 0.1) is 21.3 Å². The molecule has 7 heteroatoms. The monoisotopic (exact) mass is 503 g/mol. The number of carbonyl (C=O) groups excluding carboxylic acids is 1. The number of benzene rings is 4. The van der Waals surface area contributed by atoms with Crippen LogP contribution in [0.3, 0.4) is 0 Å². The standard InChI is InChI=1S/C17H18O5.C12H10OP/c1-20-12-9-13(21-2)15(14(10-12)22-3)17(19)16(18)11-7-5-4-6-8-11;13-14(11-7-3-1-4-8-11)12-9-5-2-6-10-12/h4-10,16,18H,1-3H3;1-10H/q;+1. The number of hydrogen-bond donors (Lipinski definition) is 1. The van der Waals surface area contributed by atoms with E-state index < -0.39 is 19.7 Å². The van der Waals surface area contributed by atoms with Gasteiger partial charge in [-0.1, -0.05) is 71.3 Å². The maximum absolute atomic E-state index is 12.7. The second-order valence-electron chi connectivity index (χ2n) is 7.55. The van der Waals surface area contributed by atoms with Gasteiger partial charge < -0.3 is 19.3 Å². The number of rotatable bonds is 8. The lowest BCUT2D eigenvalue weighted by Gasteiger charge is -2.17. The molecular weight excluding hydrogens is 475 g/mol. The molecular formula is C29H28O6P+. The van der Waals surface area contributed by atoms with Gasteiger partial charge in [0.25, 0.3) is 0 Å². The van der Waals surface area contributed by atoms with Crippen molar-refractivity contribution in [2.75, 3.05) is 21.3 Å². The number of aliphatic hydroxyl groups excluding tert-OH is 1. The molecule has 4 aromatic carbocycles. The molecule has 0 saturated heterocycles. The van der Waals surface area contributed by atoms with E-state index in [1.807, 2.05) is 66.7 Å². The number of Topliss-reactive ketones (excluding diaryl/α,β-unsaturated/α-hetero) is 1. The van der Waals surface area contributed by atoms with E-state index in [1.54, 1.807) is 36.4 Å². The smallest absolute Gasteiger partial charge is 0.415 e. The number of ketones is 1. The summed E-state index contributed by atoms with van der Waals surface area (Å²) in [6.07, 6.45) is -1.29. The zero-order chi connectivity index (χ0) is 25.9. The Bertz CT molecular complexity index is 1210. The van der Waals surface area contributed by atoms with E-state index in [4.69, 9.17) is 14.2 Å². The van der Waals surface area contributed by atoms with Gasteiger partial charge in [-0.3, -0.25) is 4.79 Å². The lowest BCUT2D eigenvalue weighted by molar-refractivity contribution is 0.0740. The highest BCUT2D eigenvalue weighted by molar-refractivity contribution is 7.61. The van der Waals surface area contributed by atoms with Crippen LogP contribution in [0.25, 0.3) is 0 Å². The molecule has 0 aliphatic heterocycles. The summed E-state index contributed by atoms with van der Waals surface area (Å²) in [4.78, 5) is 12.7. The van der Waals surface area contributed by atoms with Crippen LogP contribution in [-0.2, 0) is 4.57 Å². The van der Waals surface area contributed by atoms with Crippen molar-refractivity contribution >= 4 is 24.2 Å². The Morgan fingerprint density at radius 3 is 1.50 bits per heavy atom. The highest BCUT2D eigenvalue weighted by atomic mass is 31.1. The summed E-state index contributed by atoms with van der Waals surface area (Å²) in [6, 6.07) is 30.9. The molecule has 0 fully saturated rings. The van der Waals surface area contributed by atoms with Crippen molar-refractivity contribution in [3.8, 4) is 17.2 Å². The van der Waals surface area contributed by atoms with Crippen LogP contribution >= 0.6 is 7.80 Å². The molecule has 4 aromatic rings. The van der Waals surface area contributed by atoms with E-state index in [0.717, 1.165) is 10.6 Å². The van der Waals surface area contributed by atoms with Crippen LogP contribution in [0, 0.1) is 0 Å². The van der Waals surface area contributed by atoms with E-state index in [2.05, 4.69) is 0 Å². The van der Waals surface area contributed by atoms with Crippen LogP contribution in [-0.4, -0.2) is 32.2 Å². The van der Waals surface area contributed by atoms with Crippen LogP contribution in [0.5, 0.6) is 17.2 Å². The predicted molar refractivity (Wildman–Crippen MR) is 142 cm³/mol. The third-order valence-corrected chi connectivity index (χ3v) is 6.84. The number of methoxy groups -OCH3 is 3. The molecule has 0 aromatic heterocycles. The predicted octanol–water partition coefficient (Wildman–Crippen LogP) is 5.09. The normalized spacial score (nSPS) is 10.9. The molecule has 184 valence electrons. The van der Waals surface area contributed by atoms with Crippen LogP contribution in [0.15, 0.2) is 103 Å². The highest BCUT2D eigenvalue weighted by Gasteiger charge is 2.27. The largest absolute Gasteiger partial charge is 0.496 e. The molecule has 0 spiro atoms. The van der Waals surface area contributed by atoms with Crippen molar-refractivity contribution in [1.82, 2.24) is 0 Å². The lowest BCUT2D eigenvalue weighted by Crippen LogP contribution is -2.15. The van der Waals surface area contributed by atoms with Crippen LogP contribution in [0.1, 0.15) is 22.0 Å². The van der Waals surface area contributed by atoms with Gasteiger partial charge in [0.1, 0.15) is 28.9 Å². The number of carbonyl (C=O) groups is 1. The molecule has 0 heterocycles. The van der Waals surface area contributed by atoms with E-state index in [0.29, 0.717) is 11.3 Å². The molecule has 0 radical (unpaired) electrons. The first-order valence-corrected chi connectivity index (χ1v) is 12.4. The Morgan fingerprint density at radius 2 is 1.11 bits per heavy atom. The Balaban J connectivity index is 0.000000221. The number of hydrogen-bond acceptors (Lipinski definition) is 6. The average molecular weight is 504 g/mol. The van der Waals surface area contributed by atoms with Crippen LogP contribution in [0.4, 0.5) is 0 Å². The van der Waals surface area contributed by atoms with Gasteiger partial charge in [-0.05, 0) is 29.8 Å². The van der Waals surface area contributed by atoms with Gasteiger partial charge in [0.15, 0.2) is 10.6 Å². The minimum Gasteiger partial charge on any atom is -0.496 e. The highest BCUT2D eigenvalue weighted by Crippen LogP contribution is 2.36. The van der Waals surface area contributed by atoms with Gasteiger partial charge in [0.2, 0.25) is 5.78 Å². The minimum atomic E-state index is -1.42. The third kappa shape index (κ3) is 6.57. The first-order chi connectivity index (χ1) is 17.5. The van der Waals surface area contributed by atoms with Gasteiger partial charge in [-0.15, -0.1) is 0 Å². The minimum absolute atomic E-state index is 0.183. The summed E-state index contributed by atoms with van der Waals surface area (Å²) in [6.45, 7) is 0. The van der Waals surface area contributed by atoms with Gasteiger partial charge in [-0.25, -0.2) is 0 Å². The molecule has 6 nitrogen and oxygen atoms in total. The second-order valence-corrected chi connectivity index (χ2v) is 9.17. The number of ether oxygens (including phenoxy) is 3. The molecule has 36 heavy (non-hydrogen) atoms. The lowest BCUT2D eigenvalue weighted by atomic mass is 9.98. The summed E-state index contributed by atoms with van der Waals surface area (Å²) in [5.41, 5.74) is 0.689. The maximum atomic E-state index is 12.7. The van der Waals surface area contributed by atoms with Gasteiger partial charge in [-0.2, -0.15) is 0 Å². The average Bonchev–Trinajstić information content (AvgIpc) is 2.96. The zero-order valence-corrected chi connectivity index (χ0v) is 21.2. The molecule has 4 rings (SSSR count). The molecule has 0 bridgehead atoms. The van der Waals surface area contributed by atoms with Crippen molar-refractivity contribution in [3.05, 3.63) is 114 Å². The molecule has 1 atom stereocenters. The molecule has 1 N–H and O–H groups in total. The van der Waals surface area contributed by atoms with Gasteiger partial charge >= 0.3 is 7.80 Å². The van der Waals surface area contributed by atoms with E-state index >= 15 is 0 Å². The Morgan fingerprint density at radius 1 is 0.694 bits per heavy atom.